The van der Waals surface area contributed by atoms with Crippen LogP contribution in [0.3, 0.4) is 0 Å². The highest BCUT2D eigenvalue weighted by molar-refractivity contribution is 5.77. The summed E-state index contributed by atoms with van der Waals surface area (Å²) in [6, 6.07) is 5.40. The zero-order valence-electron chi connectivity index (χ0n) is 11.2. The van der Waals surface area contributed by atoms with Gasteiger partial charge >= 0.3 is 5.69 Å². The van der Waals surface area contributed by atoms with Gasteiger partial charge in [0.2, 0.25) is 0 Å². The van der Waals surface area contributed by atoms with Gasteiger partial charge in [0, 0.05) is 25.7 Å². The zero-order valence-corrected chi connectivity index (χ0v) is 11.2. The molecule has 0 spiro atoms. The molecular weight excluding hydrogens is 246 g/mol. The van der Waals surface area contributed by atoms with E-state index in [1.807, 2.05) is 0 Å². The monoisotopic (exact) mass is 265 g/mol. The number of piperazine rings is 1. The molecule has 3 N–H and O–H groups in total. The Morgan fingerprint density at radius 1 is 1.47 bits per heavy atom. The molecular formula is C12H19N5O2. The van der Waals surface area contributed by atoms with Crippen molar-refractivity contribution in [2.24, 2.45) is 5.84 Å². The van der Waals surface area contributed by atoms with Crippen molar-refractivity contribution in [1.29, 1.82) is 0 Å². The van der Waals surface area contributed by atoms with Gasteiger partial charge in [0.15, 0.2) is 0 Å². The van der Waals surface area contributed by atoms with Crippen molar-refractivity contribution in [3.8, 4) is 0 Å². The van der Waals surface area contributed by atoms with Crippen molar-refractivity contribution < 1.29 is 4.92 Å². The Bertz CT molecular complexity index is 479. The fraction of sp³-hybridized carbons (Fsp3) is 0.500. The predicted molar refractivity (Wildman–Crippen MR) is 75.2 cm³/mol. The highest BCUT2D eigenvalue weighted by Crippen LogP contribution is 2.36. The number of hydrogen-bond acceptors (Lipinski definition) is 6. The lowest BCUT2D eigenvalue weighted by molar-refractivity contribution is -0.383. The second-order valence-electron chi connectivity index (χ2n) is 4.88. The maximum absolute atomic E-state index is 11.3. The summed E-state index contributed by atoms with van der Waals surface area (Å²) >= 11 is 0. The molecule has 1 fully saturated rings. The summed E-state index contributed by atoms with van der Waals surface area (Å²) in [5.41, 5.74) is 3.41. The molecule has 2 rings (SSSR count). The second-order valence-corrected chi connectivity index (χ2v) is 4.88. The van der Waals surface area contributed by atoms with E-state index in [4.69, 9.17) is 5.84 Å². The molecule has 7 heteroatoms. The molecule has 1 heterocycles. The normalized spacial score (nSPS) is 20.4. The van der Waals surface area contributed by atoms with Crippen molar-refractivity contribution in [2.45, 2.75) is 13.0 Å². The number of nitrogens with two attached hydrogens (primary N) is 1. The molecule has 0 aromatic heterocycles. The Labute approximate surface area is 112 Å². The van der Waals surface area contributed by atoms with Gasteiger partial charge in [0.05, 0.1) is 4.92 Å². The van der Waals surface area contributed by atoms with Gasteiger partial charge in [-0.2, -0.15) is 0 Å². The van der Waals surface area contributed by atoms with E-state index in [0.29, 0.717) is 11.4 Å². The number of hydrogen-bond donors (Lipinski definition) is 2. The lowest BCUT2D eigenvalue weighted by atomic mass is 10.1. The molecule has 19 heavy (non-hydrogen) atoms. The summed E-state index contributed by atoms with van der Waals surface area (Å²) in [6.07, 6.45) is 0. The molecule has 7 nitrogen and oxygen atoms in total. The quantitative estimate of drug-likeness (QED) is 0.482. The summed E-state index contributed by atoms with van der Waals surface area (Å²) < 4.78 is 0. The van der Waals surface area contributed by atoms with E-state index in [9.17, 15) is 10.1 Å². The number of para-hydroxylation sites is 1. The van der Waals surface area contributed by atoms with E-state index >= 15 is 0 Å². The number of hydrazine groups is 1. The minimum Gasteiger partial charge on any atom is -0.361 e. The van der Waals surface area contributed by atoms with Crippen LogP contribution in [0.1, 0.15) is 6.92 Å². The molecule has 1 saturated heterocycles. The van der Waals surface area contributed by atoms with Crippen molar-refractivity contribution >= 4 is 17.1 Å². The first-order valence-corrected chi connectivity index (χ1v) is 6.23. The minimum absolute atomic E-state index is 0.0430. The number of nitrogens with zero attached hydrogens (tertiary/aromatic N) is 3. The van der Waals surface area contributed by atoms with Crippen molar-refractivity contribution in [2.75, 3.05) is 37.0 Å². The van der Waals surface area contributed by atoms with Crippen LogP contribution in [0.25, 0.3) is 0 Å². The maximum Gasteiger partial charge on any atom is 0.316 e. The van der Waals surface area contributed by atoms with Gasteiger partial charge < -0.3 is 15.2 Å². The molecule has 1 unspecified atom stereocenters. The lowest BCUT2D eigenvalue weighted by Crippen LogP contribution is -2.50. The highest BCUT2D eigenvalue weighted by Gasteiger charge is 2.29. The first-order valence-electron chi connectivity index (χ1n) is 6.23. The lowest BCUT2D eigenvalue weighted by Gasteiger charge is -2.39. The number of nitro groups is 1. The third-order valence-corrected chi connectivity index (χ3v) is 3.49. The van der Waals surface area contributed by atoms with Crippen LogP contribution in [0.5, 0.6) is 0 Å². The van der Waals surface area contributed by atoms with Gasteiger partial charge in [-0.1, -0.05) is 6.07 Å². The number of rotatable bonds is 3. The van der Waals surface area contributed by atoms with Crippen molar-refractivity contribution in [3.05, 3.63) is 28.3 Å². The molecule has 0 aliphatic carbocycles. The highest BCUT2D eigenvalue weighted by atomic mass is 16.6. The van der Waals surface area contributed by atoms with E-state index in [-0.39, 0.29) is 16.7 Å². The van der Waals surface area contributed by atoms with E-state index in [2.05, 4.69) is 29.2 Å². The first-order chi connectivity index (χ1) is 9.04. The number of nitrogen functional groups attached to an aromatic ring is 1. The molecule has 1 aromatic carbocycles. The number of anilines is 2. The van der Waals surface area contributed by atoms with E-state index in [0.717, 1.165) is 19.6 Å². The van der Waals surface area contributed by atoms with Crippen LogP contribution in [-0.4, -0.2) is 42.5 Å². The number of likely N-dealkylation sites (N-methyl/N-ethyl adjacent to an activating group) is 1. The Morgan fingerprint density at radius 2 is 2.21 bits per heavy atom. The van der Waals surface area contributed by atoms with Crippen LogP contribution >= 0.6 is 0 Å². The molecule has 104 valence electrons. The Morgan fingerprint density at radius 3 is 2.79 bits per heavy atom. The summed E-state index contributed by atoms with van der Waals surface area (Å²) in [5.74, 6) is 5.36. The standard InChI is InChI=1S/C12H19N5O2/c1-9-8-15(2)6-7-16(9)11-5-3-4-10(14-13)12(11)17(18)19/h3-5,9,14H,6-8,13H2,1-2H3. The topological polar surface area (TPSA) is 87.7 Å². The number of benzene rings is 1. The SMILES string of the molecule is CC1CN(C)CCN1c1cccc(NN)c1[N+](=O)[O-]. The fourth-order valence-electron chi connectivity index (χ4n) is 2.57. The number of nitrogens with one attached hydrogen (secondary N) is 1. The largest absolute Gasteiger partial charge is 0.361 e. The van der Waals surface area contributed by atoms with Crippen LogP contribution in [0.4, 0.5) is 17.1 Å². The first kappa shape index (κ1) is 13.6. The predicted octanol–water partition coefficient (Wildman–Crippen LogP) is 1.02. The van der Waals surface area contributed by atoms with E-state index in [1.165, 1.54) is 0 Å². The summed E-state index contributed by atoms with van der Waals surface area (Å²) in [7, 11) is 2.06. The average Bonchev–Trinajstić information content (AvgIpc) is 2.37. The molecule has 1 atom stereocenters. The molecule has 1 aliphatic heterocycles. The molecule has 0 bridgehead atoms. The minimum atomic E-state index is -0.379. The maximum atomic E-state index is 11.3. The fourth-order valence-corrected chi connectivity index (χ4v) is 2.57. The van der Waals surface area contributed by atoms with Gasteiger partial charge in [-0.05, 0) is 26.1 Å². The average molecular weight is 265 g/mol. The molecule has 1 aliphatic rings. The molecule has 0 radical (unpaired) electrons. The van der Waals surface area contributed by atoms with Crippen LogP contribution in [-0.2, 0) is 0 Å². The van der Waals surface area contributed by atoms with Crippen LogP contribution in [0.2, 0.25) is 0 Å². The van der Waals surface area contributed by atoms with Crippen molar-refractivity contribution in [3.63, 3.8) is 0 Å². The number of nitro benzene ring substituents is 1. The summed E-state index contributed by atoms with van der Waals surface area (Å²) in [5, 5.41) is 11.3. The second kappa shape index (κ2) is 5.41. The van der Waals surface area contributed by atoms with E-state index < -0.39 is 0 Å². The van der Waals surface area contributed by atoms with Crippen molar-refractivity contribution in [1.82, 2.24) is 4.90 Å². The summed E-state index contributed by atoms with van der Waals surface area (Å²) in [4.78, 5) is 15.2. The molecule has 0 amide bonds. The van der Waals surface area contributed by atoms with E-state index in [1.54, 1.807) is 18.2 Å². The van der Waals surface area contributed by atoms with Crippen LogP contribution in [0.15, 0.2) is 18.2 Å². The third-order valence-electron chi connectivity index (χ3n) is 3.49. The van der Waals surface area contributed by atoms with Gasteiger partial charge in [-0.3, -0.25) is 16.0 Å². The Balaban J connectivity index is 2.41. The van der Waals surface area contributed by atoms with Crippen LogP contribution in [0, 0.1) is 10.1 Å². The Hall–Kier alpha value is -1.86. The van der Waals surface area contributed by atoms with Gasteiger partial charge in [0.1, 0.15) is 11.4 Å². The third kappa shape index (κ3) is 2.61. The van der Waals surface area contributed by atoms with Gasteiger partial charge in [-0.15, -0.1) is 0 Å². The smallest absolute Gasteiger partial charge is 0.316 e. The van der Waals surface area contributed by atoms with Gasteiger partial charge in [0.25, 0.3) is 0 Å². The molecule has 1 aromatic rings. The summed E-state index contributed by atoms with van der Waals surface area (Å²) in [6.45, 7) is 4.62. The molecule has 0 saturated carbocycles. The Kier molecular flexibility index (Phi) is 3.87. The van der Waals surface area contributed by atoms with Gasteiger partial charge in [-0.25, -0.2) is 0 Å². The van der Waals surface area contributed by atoms with Crippen LogP contribution < -0.4 is 16.2 Å². The zero-order chi connectivity index (χ0) is 14.0.